The minimum atomic E-state index is -0.611. The molecule has 0 radical (unpaired) electrons. The summed E-state index contributed by atoms with van der Waals surface area (Å²) in [6, 6.07) is 8.93. The summed E-state index contributed by atoms with van der Waals surface area (Å²) in [6.07, 6.45) is 3.66. The van der Waals surface area contributed by atoms with Crippen LogP contribution < -0.4 is 16.4 Å². The van der Waals surface area contributed by atoms with E-state index >= 15 is 0 Å². The van der Waals surface area contributed by atoms with Crippen LogP contribution in [0.3, 0.4) is 0 Å². The van der Waals surface area contributed by atoms with E-state index in [1.807, 2.05) is 23.6 Å². The molecule has 0 aliphatic heterocycles. The van der Waals surface area contributed by atoms with Crippen molar-refractivity contribution in [3.8, 4) is 11.4 Å². The first-order valence-electron chi connectivity index (χ1n) is 11.2. The first kappa shape index (κ1) is 22.7. The van der Waals surface area contributed by atoms with Crippen LogP contribution >= 0.6 is 11.3 Å². The quantitative estimate of drug-likeness (QED) is 0.361. The van der Waals surface area contributed by atoms with E-state index in [2.05, 4.69) is 48.3 Å². The van der Waals surface area contributed by atoms with Crippen LogP contribution in [0.2, 0.25) is 0 Å². The maximum absolute atomic E-state index is 12.9. The van der Waals surface area contributed by atoms with E-state index in [0.717, 1.165) is 41.5 Å². The van der Waals surface area contributed by atoms with E-state index in [9.17, 15) is 14.4 Å². The average Bonchev–Trinajstić information content (AvgIpc) is 3.62. The number of aromatic nitrogens is 4. The molecule has 0 unspecified atom stereocenters. The van der Waals surface area contributed by atoms with Gasteiger partial charge in [0.1, 0.15) is 17.7 Å². The van der Waals surface area contributed by atoms with Crippen molar-refractivity contribution in [3.63, 3.8) is 0 Å². The fourth-order valence-electron chi connectivity index (χ4n) is 4.08. The number of fused-ring (bicyclic) bond motifs is 1. The Labute approximate surface area is 203 Å². The second kappa shape index (κ2) is 9.63. The molecule has 1 atom stereocenters. The van der Waals surface area contributed by atoms with Gasteiger partial charge in [0, 0.05) is 23.1 Å². The Morgan fingerprint density at radius 1 is 1.17 bits per heavy atom. The van der Waals surface area contributed by atoms with E-state index in [1.165, 1.54) is 17.3 Å². The first-order chi connectivity index (χ1) is 17.0. The number of nitrogens with one attached hydrogen (secondary N) is 3. The number of nitrogens with zero attached hydrogens (tertiary/aromatic N) is 3. The summed E-state index contributed by atoms with van der Waals surface area (Å²) in [7, 11) is 0. The summed E-state index contributed by atoms with van der Waals surface area (Å²) in [5.41, 5.74) is 4.07. The van der Waals surface area contributed by atoms with Gasteiger partial charge in [-0.15, -0.1) is 11.3 Å². The predicted octanol–water partition coefficient (Wildman–Crippen LogP) is 2.79. The number of amides is 2. The van der Waals surface area contributed by atoms with Crippen molar-refractivity contribution in [1.29, 1.82) is 0 Å². The second-order valence-corrected chi connectivity index (χ2v) is 9.16. The molecule has 178 valence electrons. The van der Waals surface area contributed by atoms with E-state index in [0.29, 0.717) is 12.4 Å². The number of aryl methyl sites for hydroxylation is 2. The van der Waals surface area contributed by atoms with E-state index < -0.39 is 5.76 Å². The van der Waals surface area contributed by atoms with Crippen molar-refractivity contribution in [1.82, 2.24) is 30.7 Å². The Hall–Kier alpha value is -4.12. The molecule has 3 aromatic heterocycles. The van der Waals surface area contributed by atoms with E-state index in [4.69, 9.17) is 0 Å². The first-order valence-corrected chi connectivity index (χ1v) is 12.0. The SMILES string of the molecule is CCc1cc(CNC(=O)c2cc(C(=O)N[C@H]3CCc4cc(-c5noc(=O)[nH]5)ccc43)ncn2)cs1. The molecule has 2 amide bonds. The van der Waals surface area contributed by atoms with Gasteiger partial charge in [0.25, 0.3) is 11.8 Å². The maximum Gasteiger partial charge on any atom is 0.439 e. The minimum absolute atomic E-state index is 0.124. The number of hydrogen-bond donors (Lipinski definition) is 3. The van der Waals surface area contributed by atoms with Crippen molar-refractivity contribution in [2.24, 2.45) is 0 Å². The number of hydrogen-bond acceptors (Lipinski definition) is 8. The molecular formula is C24H22N6O4S. The Bertz CT molecular complexity index is 1460. The Balaban J connectivity index is 1.24. The van der Waals surface area contributed by atoms with Crippen molar-refractivity contribution in [2.45, 2.75) is 38.8 Å². The number of carbonyl (C=O) groups is 2. The third-order valence-corrected chi connectivity index (χ3v) is 7.01. The molecule has 3 heterocycles. The molecule has 0 saturated carbocycles. The Kier molecular flexibility index (Phi) is 6.23. The fraction of sp³-hybridized carbons (Fsp3) is 0.250. The summed E-state index contributed by atoms with van der Waals surface area (Å²) in [6.45, 7) is 2.48. The summed E-state index contributed by atoms with van der Waals surface area (Å²) >= 11 is 1.66. The van der Waals surface area contributed by atoms with Gasteiger partial charge in [0.05, 0.1) is 6.04 Å². The number of H-pyrrole nitrogens is 1. The molecular weight excluding hydrogens is 468 g/mol. The topological polar surface area (TPSA) is 143 Å². The highest BCUT2D eigenvalue weighted by molar-refractivity contribution is 7.10. The number of aromatic amines is 1. The highest BCUT2D eigenvalue weighted by atomic mass is 32.1. The van der Waals surface area contributed by atoms with Crippen LogP contribution in [0.15, 0.2) is 51.4 Å². The van der Waals surface area contributed by atoms with Gasteiger partial charge in [-0.25, -0.2) is 14.8 Å². The van der Waals surface area contributed by atoms with Crippen molar-refractivity contribution < 1.29 is 14.1 Å². The van der Waals surface area contributed by atoms with Crippen LogP contribution in [0, 0.1) is 0 Å². The smallest absolute Gasteiger partial charge is 0.347 e. The van der Waals surface area contributed by atoms with Crippen LogP contribution in [0.4, 0.5) is 0 Å². The lowest BCUT2D eigenvalue weighted by Gasteiger charge is -2.14. The number of thiophene rings is 1. The van der Waals surface area contributed by atoms with E-state index in [1.54, 1.807) is 11.3 Å². The van der Waals surface area contributed by atoms with Gasteiger partial charge in [-0.2, -0.15) is 0 Å². The molecule has 5 rings (SSSR count). The zero-order chi connectivity index (χ0) is 24.4. The largest absolute Gasteiger partial charge is 0.439 e. The van der Waals surface area contributed by atoms with Crippen LogP contribution in [-0.2, 0) is 19.4 Å². The molecule has 0 fully saturated rings. The van der Waals surface area contributed by atoms with Crippen molar-refractivity contribution in [3.05, 3.63) is 85.5 Å². The molecule has 1 aliphatic carbocycles. The lowest BCUT2D eigenvalue weighted by atomic mass is 10.0. The lowest BCUT2D eigenvalue weighted by Crippen LogP contribution is -2.29. The Morgan fingerprint density at radius 3 is 2.74 bits per heavy atom. The van der Waals surface area contributed by atoms with Gasteiger partial charge < -0.3 is 10.6 Å². The van der Waals surface area contributed by atoms with Crippen molar-refractivity contribution >= 4 is 23.2 Å². The van der Waals surface area contributed by atoms with Gasteiger partial charge in [-0.05, 0) is 53.5 Å². The van der Waals surface area contributed by atoms with E-state index in [-0.39, 0.29) is 29.2 Å². The minimum Gasteiger partial charge on any atom is -0.347 e. The van der Waals surface area contributed by atoms with Crippen LogP contribution in [-0.4, -0.2) is 31.9 Å². The highest BCUT2D eigenvalue weighted by Gasteiger charge is 2.26. The summed E-state index contributed by atoms with van der Waals surface area (Å²) < 4.78 is 4.57. The van der Waals surface area contributed by atoms with Crippen LogP contribution in [0.1, 0.15) is 61.9 Å². The summed E-state index contributed by atoms with van der Waals surface area (Å²) in [4.78, 5) is 48.6. The molecule has 0 spiro atoms. The molecule has 11 heteroatoms. The van der Waals surface area contributed by atoms with Gasteiger partial charge in [0.15, 0.2) is 5.82 Å². The maximum atomic E-state index is 12.9. The molecule has 0 bridgehead atoms. The number of benzene rings is 1. The summed E-state index contributed by atoms with van der Waals surface area (Å²) in [5, 5.41) is 11.6. The third-order valence-electron chi connectivity index (χ3n) is 5.88. The number of rotatable bonds is 7. The Morgan fingerprint density at radius 2 is 2.00 bits per heavy atom. The molecule has 3 N–H and O–H groups in total. The van der Waals surface area contributed by atoms with Gasteiger partial charge in [-0.1, -0.05) is 24.2 Å². The zero-order valence-electron chi connectivity index (χ0n) is 18.8. The third kappa shape index (κ3) is 4.90. The molecule has 0 saturated heterocycles. The van der Waals surface area contributed by atoms with Crippen LogP contribution in [0.5, 0.6) is 0 Å². The predicted molar refractivity (Wildman–Crippen MR) is 128 cm³/mol. The molecule has 1 aliphatic rings. The average molecular weight is 491 g/mol. The number of carbonyl (C=O) groups excluding carboxylic acids is 2. The van der Waals surface area contributed by atoms with Gasteiger partial charge in [0.2, 0.25) is 0 Å². The lowest BCUT2D eigenvalue weighted by molar-refractivity contribution is 0.0931. The zero-order valence-corrected chi connectivity index (χ0v) is 19.6. The second-order valence-electron chi connectivity index (χ2n) is 8.17. The summed E-state index contributed by atoms with van der Waals surface area (Å²) in [5.74, 6) is -0.993. The molecule has 35 heavy (non-hydrogen) atoms. The molecule has 10 nitrogen and oxygen atoms in total. The van der Waals surface area contributed by atoms with Gasteiger partial charge >= 0.3 is 5.76 Å². The highest BCUT2D eigenvalue weighted by Crippen LogP contribution is 2.33. The monoisotopic (exact) mass is 490 g/mol. The van der Waals surface area contributed by atoms with Crippen LogP contribution in [0.25, 0.3) is 11.4 Å². The fourth-order valence-corrected chi connectivity index (χ4v) is 4.92. The molecule has 4 aromatic rings. The standard InChI is InChI=1S/C24H22N6O4S/c1-2-16-7-13(11-35-16)10-25-22(31)19-9-20(27-12-26-19)23(32)28-18-6-4-14-8-15(3-5-17(14)18)21-29-24(33)34-30-21/h3,5,7-9,11-12,18H,2,4,6,10H2,1H3,(H,25,31)(H,28,32)(H,29,30,33)/t18-/m0/s1. The van der Waals surface area contributed by atoms with Crippen molar-refractivity contribution in [2.75, 3.05) is 0 Å². The normalized spacial score (nSPS) is 14.5. The van der Waals surface area contributed by atoms with Gasteiger partial charge in [-0.3, -0.25) is 19.1 Å². The molecule has 1 aromatic carbocycles.